The number of β-amino-alcohol motifs (C(OH)–C–C–N with tert-alkyl or cyclic N) is 1. The number of ether oxygens (including phenoxy) is 1. The molecule has 1 fully saturated rings. The van der Waals surface area contributed by atoms with Crippen LogP contribution in [0.2, 0.25) is 0 Å². The normalized spacial score (nSPS) is 20.2. The van der Waals surface area contributed by atoms with E-state index in [0.717, 1.165) is 37.5 Å². The summed E-state index contributed by atoms with van der Waals surface area (Å²) in [5.74, 6) is 0.799. The van der Waals surface area contributed by atoms with Crippen molar-refractivity contribution in [3.8, 4) is 5.75 Å². The number of nitrogens with zero attached hydrogens (tertiary/aromatic N) is 2. The van der Waals surface area contributed by atoms with Gasteiger partial charge in [0.15, 0.2) is 0 Å². The van der Waals surface area contributed by atoms with E-state index in [2.05, 4.69) is 23.6 Å². The van der Waals surface area contributed by atoms with Gasteiger partial charge in [-0.05, 0) is 31.0 Å². The van der Waals surface area contributed by atoms with Gasteiger partial charge in [0.2, 0.25) is 0 Å². The van der Waals surface area contributed by atoms with Gasteiger partial charge in [0.25, 0.3) is 0 Å². The van der Waals surface area contributed by atoms with Gasteiger partial charge < -0.3 is 9.84 Å². The number of aliphatic hydroxyl groups excluding tert-OH is 1. The summed E-state index contributed by atoms with van der Waals surface area (Å²) in [6.45, 7) is 9.49. The Balaban J connectivity index is 1.85. The van der Waals surface area contributed by atoms with Crippen LogP contribution >= 0.6 is 0 Å². The summed E-state index contributed by atoms with van der Waals surface area (Å²) < 4.78 is 5.22. The summed E-state index contributed by atoms with van der Waals surface area (Å²) in [6.07, 6.45) is 0.752. The van der Waals surface area contributed by atoms with Crippen LogP contribution < -0.4 is 4.74 Å². The van der Waals surface area contributed by atoms with Gasteiger partial charge >= 0.3 is 0 Å². The maximum atomic E-state index is 10.4. The molecule has 2 atom stereocenters. The Morgan fingerprint density at radius 1 is 1.24 bits per heavy atom. The zero-order valence-electron chi connectivity index (χ0n) is 13.5. The quantitative estimate of drug-likeness (QED) is 0.871. The first-order valence-corrected chi connectivity index (χ1v) is 7.92. The Kier molecular flexibility index (Phi) is 6.03. The van der Waals surface area contributed by atoms with Crippen LogP contribution in [0.4, 0.5) is 0 Å². The maximum absolute atomic E-state index is 10.4. The third-order valence-electron chi connectivity index (χ3n) is 4.53. The van der Waals surface area contributed by atoms with Gasteiger partial charge in [0, 0.05) is 38.8 Å². The molecule has 0 aromatic heterocycles. The second-order valence-corrected chi connectivity index (χ2v) is 5.89. The number of piperazine rings is 1. The Morgan fingerprint density at radius 3 is 2.57 bits per heavy atom. The van der Waals surface area contributed by atoms with E-state index in [1.54, 1.807) is 7.11 Å². The van der Waals surface area contributed by atoms with Gasteiger partial charge in [0.1, 0.15) is 5.75 Å². The lowest BCUT2D eigenvalue weighted by Gasteiger charge is -2.38. The lowest BCUT2D eigenvalue weighted by Crippen LogP contribution is -2.50. The molecule has 0 amide bonds. The van der Waals surface area contributed by atoms with Crippen LogP contribution in [0.25, 0.3) is 0 Å². The van der Waals surface area contributed by atoms with Gasteiger partial charge in [-0.25, -0.2) is 0 Å². The fraction of sp³-hybridized carbons (Fsp3) is 0.647. The summed E-state index contributed by atoms with van der Waals surface area (Å²) in [6, 6.07) is 8.37. The van der Waals surface area contributed by atoms with E-state index >= 15 is 0 Å². The van der Waals surface area contributed by atoms with Crippen molar-refractivity contribution in [3.63, 3.8) is 0 Å². The largest absolute Gasteiger partial charge is 0.497 e. The van der Waals surface area contributed by atoms with Crippen LogP contribution in [-0.4, -0.2) is 60.8 Å². The van der Waals surface area contributed by atoms with E-state index < -0.39 is 6.10 Å². The monoisotopic (exact) mass is 292 g/mol. The molecule has 0 aliphatic carbocycles. The molecule has 0 spiro atoms. The molecule has 1 heterocycles. The Hall–Kier alpha value is -1.10. The van der Waals surface area contributed by atoms with E-state index in [9.17, 15) is 5.11 Å². The lowest BCUT2D eigenvalue weighted by molar-refractivity contribution is 0.0583. The van der Waals surface area contributed by atoms with Crippen LogP contribution in [0.15, 0.2) is 24.3 Å². The first-order valence-electron chi connectivity index (χ1n) is 7.92. The van der Waals surface area contributed by atoms with E-state index in [0.29, 0.717) is 12.6 Å². The van der Waals surface area contributed by atoms with Crippen molar-refractivity contribution in [2.75, 3.05) is 39.8 Å². The molecule has 1 aromatic rings. The first-order chi connectivity index (χ1) is 10.1. The minimum atomic E-state index is -0.449. The molecule has 4 nitrogen and oxygen atoms in total. The van der Waals surface area contributed by atoms with Gasteiger partial charge in [-0.3, -0.25) is 9.80 Å². The number of rotatable bonds is 6. The second kappa shape index (κ2) is 7.78. The molecular weight excluding hydrogens is 264 g/mol. The van der Waals surface area contributed by atoms with E-state index in [1.807, 2.05) is 24.3 Å². The highest BCUT2D eigenvalue weighted by molar-refractivity contribution is 5.29. The smallest absolute Gasteiger partial charge is 0.119 e. The van der Waals surface area contributed by atoms with E-state index in [-0.39, 0.29) is 0 Å². The Labute approximate surface area is 128 Å². The molecule has 1 saturated heterocycles. The van der Waals surface area contributed by atoms with E-state index in [1.165, 1.54) is 6.42 Å². The highest BCUT2D eigenvalue weighted by Crippen LogP contribution is 2.20. The Bertz CT molecular complexity index is 431. The topological polar surface area (TPSA) is 35.9 Å². The number of benzene rings is 1. The number of hydrogen-bond donors (Lipinski definition) is 1. The highest BCUT2D eigenvalue weighted by atomic mass is 16.5. The molecule has 1 N–H and O–H groups in total. The minimum absolute atomic E-state index is 0.449. The molecule has 4 heteroatoms. The summed E-state index contributed by atoms with van der Waals surface area (Å²) in [5, 5.41) is 10.4. The van der Waals surface area contributed by atoms with Crippen molar-refractivity contribution < 1.29 is 9.84 Å². The van der Waals surface area contributed by atoms with Crippen molar-refractivity contribution >= 4 is 0 Å². The summed E-state index contributed by atoms with van der Waals surface area (Å²) in [4.78, 5) is 4.89. The van der Waals surface area contributed by atoms with Gasteiger partial charge in [0.05, 0.1) is 13.2 Å². The molecule has 118 valence electrons. The number of aliphatic hydroxyl groups is 1. The van der Waals surface area contributed by atoms with Crippen LogP contribution in [-0.2, 0) is 0 Å². The molecule has 1 aromatic carbocycles. The van der Waals surface area contributed by atoms with Crippen LogP contribution in [0.5, 0.6) is 5.75 Å². The van der Waals surface area contributed by atoms with Crippen LogP contribution in [0, 0.1) is 0 Å². The standard InChI is InChI=1S/C17H28N2O2/c1-4-14(2)19-10-8-18(9-11-19)13-17(20)15-6-5-7-16(12-15)21-3/h5-7,12,14,17,20H,4,8-11,13H2,1-3H3. The zero-order valence-corrected chi connectivity index (χ0v) is 13.5. The molecule has 2 unspecified atom stereocenters. The summed E-state index contributed by atoms with van der Waals surface area (Å²) in [5.41, 5.74) is 0.929. The predicted octanol–water partition coefficient (Wildman–Crippen LogP) is 2.14. The SMILES string of the molecule is CCC(C)N1CCN(CC(O)c2cccc(OC)c2)CC1. The van der Waals surface area contributed by atoms with E-state index in [4.69, 9.17) is 4.74 Å². The zero-order chi connectivity index (χ0) is 15.2. The third-order valence-corrected chi connectivity index (χ3v) is 4.53. The lowest BCUT2D eigenvalue weighted by atomic mass is 10.1. The van der Waals surface area contributed by atoms with Crippen molar-refractivity contribution in [2.45, 2.75) is 32.4 Å². The first kappa shape index (κ1) is 16.3. The average Bonchev–Trinajstić information content (AvgIpc) is 2.54. The van der Waals surface area contributed by atoms with Gasteiger partial charge in [-0.2, -0.15) is 0 Å². The maximum Gasteiger partial charge on any atom is 0.119 e. The van der Waals surface area contributed by atoms with Crippen molar-refractivity contribution in [2.24, 2.45) is 0 Å². The minimum Gasteiger partial charge on any atom is -0.497 e. The molecule has 0 saturated carbocycles. The predicted molar refractivity (Wildman–Crippen MR) is 85.7 cm³/mol. The molecular formula is C17H28N2O2. The second-order valence-electron chi connectivity index (χ2n) is 5.89. The summed E-state index contributed by atoms with van der Waals surface area (Å²) >= 11 is 0. The average molecular weight is 292 g/mol. The molecule has 0 bridgehead atoms. The van der Waals surface area contributed by atoms with Crippen LogP contribution in [0.1, 0.15) is 31.9 Å². The number of hydrogen-bond acceptors (Lipinski definition) is 4. The Morgan fingerprint density at radius 2 is 1.95 bits per heavy atom. The van der Waals surface area contributed by atoms with Crippen LogP contribution in [0.3, 0.4) is 0 Å². The highest BCUT2D eigenvalue weighted by Gasteiger charge is 2.22. The van der Waals surface area contributed by atoms with Crippen molar-refractivity contribution in [1.82, 2.24) is 9.80 Å². The fourth-order valence-corrected chi connectivity index (χ4v) is 2.84. The molecule has 1 aliphatic rings. The molecule has 2 rings (SSSR count). The van der Waals surface area contributed by atoms with Crippen molar-refractivity contribution in [1.29, 1.82) is 0 Å². The van der Waals surface area contributed by atoms with Gasteiger partial charge in [-0.15, -0.1) is 0 Å². The van der Waals surface area contributed by atoms with Gasteiger partial charge in [-0.1, -0.05) is 19.1 Å². The fourth-order valence-electron chi connectivity index (χ4n) is 2.84. The summed E-state index contributed by atoms with van der Waals surface area (Å²) in [7, 11) is 1.65. The molecule has 21 heavy (non-hydrogen) atoms. The van der Waals surface area contributed by atoms with Crippen molar-refractivity contribution in [3.05, 3.63) is 29.8 Å². The third kappa shape index (κ3) is 4.43. The molecule has 1 aliphatic heterocycles. The number of methoxy groups -OCH3 is 1. The molecule has 0 radical (unpaired) electrons.